The van der Waals surface area contributed by atoms with Crippen LogP contribution in [-0.4, -0.2) is 5.91 Å². The number of benzene rings is 2. The van der Waals surface area contributed by atoms with E-state index in [1.54, 1.807) is 0 Å². The Kier molecular flexibility index (Phi) is 6.03. The molecular weight excluding hydrogens is 344 g/mol. The van der Waals surface area contributed by atoms with E-state index in [1.165, 1.54) is 11.1 Å². The third kappa shape index (κ3) is 5.17. The minimum Gasteiger partial charge on any atom is -0.344 e. The molecule has 3 nitrogen and oxygen atoms in total. The van der Waals surface area contributed by atoms with Crippen molar-refractivity contribution in [1.82, 2.24) is 5.32 Å². The Morgan fingerprint density at radius 1 is 0.962 bits per heavy atom. The summed E-state index contributed by atoms with van der Waals surface area (Å²) in [6.07, 6.45) is 4.79. The molecule has 0 saturated carbocycles. The first kappa shape index (κ1) is 18.2. The Balaban J connectivity index is 1.55. The Bertz CT molecular complexity index is 846. The molecule has 1 N–H and O–H groups in total. The SMILES string of the molecule is C[C@@H](NC(=O)C[n+]1ccc(Cc2ccccc2)cc1)c1ccc(Cl)cc1. The Morgan fingerprint density at radius 3 is 2.23 bits per heavy atom. The molecule has 132 valence electrons. The van der Waals surface area contributed by atoms with Crippen molar-refractivity contribution in [2.45, 2.75) is 25.9 Å². The van der Waals surface area contributed by atoms with Crippen molar-refractivity contribution < 1.29 is 9.36 Å². The van der Waals surface area contributed by atoms with Gasteiger partial charge in [-0.05, 0) is 42.2 Å². The molecule has 0 bridgehead atoms. The van der Waals surface area contributed by atoms with Crippen molar-refractivity contribution in [3.63, 3.8) is 0 Å². The molecule has 3 aromatic rings. The van der Waals surface area contributed by atoms with Crippen LogP contribution in [0.2, 0.25) is 5.02 Å². The molecule has 4 heteroatoms. The van der Waals surface area contributed by atoms with Gasteiger partial charge in [0.05, 0.1) is 6.04 Å². The maximum atomic E-state index is 12.3. The van der Waals surface area contributed by atoms with Crippen LogP contribution in [0.1, 0.15) is 29.7 Å². The van der Waals surface area contributed by atoms with Crippen molar-refractivity contribution in [1.29, 1.82) is 0 Å². The largest absolute Gasteiger partial charge is 0.344 e. The summed E-state index contributed by atoms with van der Waals surface area (Å²) in [5.41, 5.74) is 3.54. The van der Waals surface area contributed by atoms with Gasteiger partial charge in [-0.2, -0.15) is 4.57 Å². The maximum absolute atomic E-state index is 12.3. The van der Waals surface area contributed by atoms with Crippen LogP contribution in [0.4, 0.5) is 0 Å². The molecule has 1 heterocycles. The standard InChI is InChI=1S/C22H21ClN2O/c1-17(20-7-9-21(23)10-8-20)24-22(26)16-25-13-11-19(12-14-25)15-18-5-3-2-4-6-18/h2-14,17H,15-16H2,1H3/p+1/t17-/m1/s1. The fourth-order valence-electron chi connectivity index (χ4n) is 2.83. The molecule has 1 amide bonds. The van der Waals surface area contributed by atoms with E-state index in [-0.39, 0.29) is 11.9 Å². The number of nitrogens with zero attached hydrogens (tertiary/aromatic N) is 1. The van der Waals surface area contributed by atoms with E-state index < -0.39 is 0 Å². The Labute approximate surface area is 159 Å². The normalized spacial score (nSPS) is 11.8. The predicted molar refractivity (Wildman–Crippen MR) is 104 cm³/mol. The van der Waals surface area contributed by atoms with Crippen molar-refractivity contribution >= 4 is 17.5 Å². The number of nitrogens with one attached hydrogen (secondary N) is 1. The van der Waals surface area contributed by atoms with Gasteiger partial charge in [0, 0.05) is 17.2 Å². The van der Waals surface area contributed by atoms with Crippen LogP contribution in [0, 0.1) is 0 Å². The number of halogens is 1. The summed E-state index contributed by atoms with van der Waals surface area (Å²) in [4.78, 5) is 12.3. The molecule has 2 aromatic carbocycles. The second-order valence-corrected chi connectivity index (χ2v) is 6.82. The lowest BCUT2D eigenvalue weighted by Crippen LogP contribution is -2.43. The van der Waals surface area contributed by atoms with Crippen LogP contribution in [0.15, 0.2) is 79.1 Å². The fraction of sp³-hybridized carbons (Fsp3) is 0.182. The van der Waals surface area contributed by atoms with Crippen LogP contribution in [0.3, 0.4) is 0 Å². The number of carbonyl (C=O) groups excluding carboxylic acids is 1. The summed E-state index contributed by atoms with van der Waals surface area (Å²) in [5, 5.41) is 3.71. The number of pyridine rings is 1. The molecular formula is C22H22ClN2O+. The molecule has 0 spiro atoms. The van der Waals surface area contributed by atoms with E-state index in [9.17, 15) is 4.79 Å². The number of hydrogen-bond donors (Lipinski definition) is 1. The molecule has 0 aliphatic rings. The number of rotatable bonds is 6. The lowest BCUT2D eigenvalue weighted by molar-refractivity contribution is -0.684. The second-order valence-electron chi connectivity index (χ2n) is 6.38. The van der Waals surface area contributed by atoms with Crippen molar-refractivity contribution in [3.8, 4) is 0 Å². The zero-order valence-electron chi connectivity index (χ0n) is 14.7. The van der Waals surface area contributed by atoms with E-state index in [1.807, 2.05) is 66.3 Å². The second kappa shape index (κ2) is 8.63. The summed E-state index contributed by atoms with van der Waals surface area (Å²) >= 11 is 5.90. The summed E-state index contributed by atoms with van der Waals surface area (Å²) in [5.74, 6) is -0.0201. The molecule has 0 radical (unpaired) electrons. The molecule has 26 heavy (non-hydrogen) atoms. The molecule has 0 saturated heterocycles. The van der Waals surface area contributed by atoms with E-state index in [0.29, 0.717) is 11.6 Å². The smallest absolute Gasteiger partial charge is 0.286 e. The van der Waals surface area contributed by atoms with Gasteiger partial charge in [0.2, 0.25) is 6.54 Å². The Hall–Kier alpha value is -2.65. The molecule has 0 unspecified atom stereocenters. The highest BCUT2D eigenvalue weighted by molar-refractivity contribution is 6.30. The fourth-order valence-corrected chi connectivity index (χ4v) is 2.96. The molecule has 0 aliphatic heterocycles. The highest BCUT2D eigenvalue weighted by Crippen LogP contribution is 2.15. The molecule has 3 rings (SSSR count). The first-order chi connectivity index (χ1) is 12.6. The van der Waals surface area contributed by atoms with Crippen molar-refractivity contribution in [3.05, 3.63) is 101 Å². The van der Waals surface area contributed by atoms with E-state index in [2.05, 4.69) is 29.6 Å². The quantitative estimate of drug-likeness (QED) is 0.655. The van der Waals surface area contributed by atoms with Crippen LogP contribution in [0.5, 0.6) is 0 Å². The van der Waals surface area contributed by atoms with Crippen LogP contribution in [-0.2, 0) is 17.8 Å². The van der Waals surface area contributed by atoms with Gasteiger partial charge in [0.1, 0.15) is 0 Å². The molecule has 1 atom stereocenters. The van der Waals surface area contributed by atoms with E-state index in [4.69, 9.17) is 11.6 Å². The van der Waals surface area contributed by atoms with Gasteiger partial charge >= 0.3 is 0 Å². The molecule has 0 aliphatic carbocycles. The van der Waals surface area contributed by atoms with Gasteiger partial charge in [-0.15, -0.1) is 0 Å². The van der Waals surface area contributed by atoms with Gasteiger partial charge < -0.3 is 5.32 Å². The van der Waals surface area contributed by atoms with Crippen LogP contribution >= 0.6 is 11.6 Å². The highest BCUT2D eigenvalue weighted by Gasteiger charge is 2.13. The van der Waals surface area contributed by atoms with Crippen LogP contribution < -0.4 is 9.88 Å². The first-order valence-electron chi connectivity index (χ1n) is 8.67. The number of carbonyl (C=O) groups is 1. The zero-order chi connectivity index (χ0) is 18.4. The average Bonchev–Trinajstić information content (AvgIpc) is 2.64. The highest BCUT2D eigenvalue weighted by atomic mass is 35.5. The topological polar surface area (TPSA) is 33.0 Å². The lowest BCUT2D eigenvalue weighted by atomic mass is 10.1. The van der Waals surface area contributed by atoms with Crippen molar-refractivity contribution in [2.75, 3.05) is 0 Å². The third-order valence-electron chi connectivity index (χ3n) is 4.28. The molecule has 0 fully saturated rings. The summed E-state index contributed by atoms with van der Waals surface area (Å²) in [6.45, 7) is 2.26. The summed E-state index contributed by atoms with van der Waals surface area (Å²) in [7, 11) is 0. The van der Waals surface area contributed by atoms with Gasteiger partial charge in [-0.1, -0.05) is 54.1 Å². The third-order valence-corrected chi connectivity index (χ3v) is 4.54. The van der Waals surface area contributed by atoms with Gasteiger partial charge in [0.25, 0.3) is 5.91 Å². The lowest BCUT2D eigenvalue weighted by Gasteiger charge is -2.13. The van der Waals surface area contributed by atoms with Crippen molar-refractivity contribution in [2.24, 2.45) is 0 Å². The number of amides is 1. The predicted octanol–water partition coefficient (Wildman–Crippen LogP) is 4.10. The monoisotopic (exact) mass is 365 g/mol. The number of aromatic nitrogens is 1. The van der Waals surface area contributed by atoms with E-state index in [0.717, 1.165) is 12.0 Å². The average molecular weight is 366 g/mol. The first-order valence-corrected chi connectivity index (χ1v) is 9.05. The minimum absolute atomic E-state index is 0.0201. The number of hydrogen-bond acceptors (Lipinski definition) is 1. The van der Waals surface area contributed by atoms with Crippen LogP contribution in [0.25, 0.3) is 0 Å². The Morgan fingerprint density at radius 2 is 1.58 bits per heavy atom. The zero-order valence-corrected chi connectivity index (χ0v) is 15.5. The minimum atomic E-state index is -0.0577. The summed E-state index contributed by atoms with van der Waals surface area (Å²) < 4.78 is 1.89. The van der Waals surface area contributed by atoms with Gasteiger partial charge in [-0.3, -0.25) is 4.79 Å². The van der Waals surface area contributed by atoms with Gasteiger partial charge in [-0.25, -0.2) is 0 Å². The summed E-state index contributed by atoms with van der Waals surface area (Å²) in [6, 6.07) is 21.9. The maximum Gasteiger partial charge on any atom is 0.286 e. The van der Waals surface area contributed by atoms with Gasteiger partial charge in [0.15, 0.2) is 12.4 Å². The molecule has 1 aromatic heterocycles. The van der Waals surface area contributed by atoms with E-state index >= 15 is 0 Å².